The van der Waals surface area contributed by atoms with E-state index in [-0.39, 0.29) is 0 Å². The first-order valence-corrected chi connectivity index (χ1v) is 7.28. The summed E-state index contributed by atoms with van der Waals surface area (Å²) in [5.74, 6) is -0.911. The summed E-state index contributed by atoms with van der Waals surface area (Å²) >= 11 is 0. The fourth-order valence-corrected chi connectivity index (χ4v) is 3.48. The van der Waals surface area contributed by atoms with E-state index in [1.807, 2.05) is 0 Å². The van der Waals surface area contributed by atoms with Crippen LogP contribution >= 0.6 is 0 Å². The molecule has 2 aliphatic rings. The SMILES string of the molecule is Nc1ccc(C(=O)O)c(NC2CCN3CCCCC23)c1. The Bertz CT molecular complexity index is 518. The van der Waals surface area contributed by atoms with Crippen LogP contribution in [0.3, 0.4) is 0 Å². The van der Waals surface area contributed by atoms with Crippen LogP contribution in [-0.2, 0) is 0 Å². The van der Waals surface area contributed by atoms with E-state index in [0.717, 1.165) is 13.0 Å². The minimum absolute atomic E-state index is 0.299. The predicted molar refractivity (Wildman–Crippen MR) is 79.1 cm³/mol. The number of rotatable bonds is 3. The minimum atomic E-state index is -0.911. The van der Waals surface area contributed by atoms with Crippen LogP contribution in [0.5, 0.6) is 0 Å². The molecule has 5 heteroatoms. The third-order valence-electron chi connectivity index (χ3n) is 4.47. The van der Waals surface area contributed by atoms with E-state index >= 15 is 0 Å². The third kappa shape index (κ3) is 2.45. The van der Waals surface area contributed by atoms with Crippen LogP contribution < -0.4 is 11.1 Å². The van der Waals surface area contributed by atoms with Gasteiger partial charge in [-0.3, -0.25) is 4.90 Å². The first-order valence-electron chi connectivity index (χ1n) is 7.28. The van der Waals surface area contributed by atoms with Gasteiger partial charge in [0, 0.05) is 24.3 Å². The second-order valence-electron chi connectivity index (χ2n) is 5.75. The van der Waals surface area contributed by atoms with Crippen molar-refractivity contribution >= 4 is 17.3 Å². The normalized spacial score (nSPS) is 26.2. The molecule has 2 atom stereocenters. The van der Waals surface area contributed by atoms with Crippen molar-refractivity contribution in [2.75, 3.05) is 24.1 Å². The zero-order chi connectivity index (χ0) is 14.1. The van der Waals surface area contributed by atoms with Crippen LogP contribution in [0.15, 0.2) is 18.2 Å². The van der Waals surface area contributed by atoms with Crippen LogP contribution in [0.2, 0.25) is 0 Å². The molecule has 0 radical (unpaired) electrons. The predicted octanol–water partition coefficient (Wildman–Crippen LogP) is 2.01. The Labute approximate surface area is 118 Å². The number of carbonyl (C=O) groups is 1. The van der Waals surface area contributed by atoms with E-state index in [9.17, 15) is 9.90 Å². The molecule has 1 aromatic carbocycles. The number of nitrogens with zero attached hydrogens (tertiary/aromatic N) is 1. The minimum Gasteiger partial charge on any atom is -0.478 e. The van der Waals surface area contributed by atoms with Gasteiger partial charge in [-0.05, 0) is 44.0 Å². The lowest BCUT2D eigenvalue weighted by molar-refractivity contribution is 0.0698. The number of hydrogen-bond acceptors (Lipinski definition) is 4. The van der Waals surface area contributed by atoms with Crippen molar-refractivity contribution in [1.82, 2.24) is 4.90 Å². The Kier molecular flexibility index (Phi) is 3.53. The van der Waals surface area contributed by atoms with Crippen molar-refractivity contribution in [3.05, 3.63) is 23.8 Å². The van der Waals surface area contributed by atoms with Crippen LogP contribution in [0, 0.1) is 0 Å². The number of carboxylic acid groups (broad SMARTS) is 1. The van der Waals surface area contributed by atoms with Gasteiger partial charge in [0.25, 0.3) is 0 Å². The molecule has 0 bridgehead atoms. The summed E-state index contributed by atoms with van der Waals surface area (Å²) in [5.41, 5.74) is 7.33. The lowest BCUT2D eigenvalue weighted by Crippen LogP contribution is -2.41. The van der Waals surface area contributed by atoms with Gasteiger partial charge in [-0.1, -0.05) is 6.42 Å². The smallest absolute Gasteiger partial charge is 0.337 e. The molecule has 108 valence electrons. The summed E-state index contributed by atoms with van der Waals surface area (Å²) in [7, 11) is 0. The Balaban J connectivity index is 1.80. The zero-order valence-corrected chi connectivity index (χ0v) is 11.5. The Hall–Kier alpha value is -1.75. The first kappa shape index (κ1) is 13.2. The monoisotopic (exact) mass is 275 g/mol. The van der Waals surface area contributed by atoms with Crippen molar-refractivity contribution in [1.29, 1.82) is 0 Å². The molecule has 2 saturated heterocycles. The Morgan fingerprint density at radius 3 is 2.95 bits per heavy atom. The number of nitrogens with one attached hydrogen (secondary N) is 1. The van der Waals surface area contributed by atoms with Crippen LogP contribution in [0.1, 0.15) is 36.0 Å². The van der Waals surface area contributed by atoms with Crippen molar-refractivity contribution in [2.45, 2.75) is 37.8 Å². The Morgan fingerprint density at radius 2 is 2.15 bits per heavy atom. The lowest BCUT2D eigenvalue weighted by atomic mass is 9.98. The number of hydrogen-bond donors (Lipinski definition) is 3. The van der Waals surface area contributed by atoms with Crippen LogP contribution in [-0.4, -0.2) is 41.1 Å². The molecule has 2 unspecified atom stereocenters. The van der Waals surface area contributed by atoms with E-state index in [2.05, 4.69) is 10.2 Å². The first-order chi connectivity index (χ1) is 9.65. The number of carboxylic acids is 1. The van der Waals surface area contributed by atoms with E-state index in [4.69, 9.17) is 5.73 Å². The number of nitrogens with two attached hydrogens (primary N) is 1. The van der Waals surface area contributed by atoms with Gasteiger partial charge in [0.1, 0.15) is 0 Å². The number of fused-ring (bicyclic) bond motifs is 1. The molecule has 20 heavy (non-hydrogen) atoms. The maximum atomic E-state index is 11.3. The van der Waals surface area contributed by atoms with E-state index < -0.39 is 5.97 Å². The molecule has 0 aliphatic carbocycles. The standard InChI is InChI=1S/C15H21N3O2/c16-10-4-5-11(15(19)20)13(9-10)17-12-6-8-18-7-2-1-3-14(12)18/h4-5,9,12,14,17H,1-3,6-8,16H2,(H,19,20). The molecule has 0 amide bonds. The maximum Gasteiger partial charge on any atom is 0.337 e. The van der Waals surface area contributed by atoms with Crippen molar-refractivity contribution in [3.8, 4) is 0 Å². The zero-order valence-electron chi connectivity index (χ0n) is 11.5. The molecule has 1 aromatic rings. The number of benzene rings is 1. The summed E-state index contributed by atoms with van der Waals surface area (Å²) in [6.07, 6.45) is 4.81. The van der Waals surface area contributed by atoms with Gasteiger partial charge >= 0.3 is 5.97 Å². The van der Waals surface area contributed by atoms with Gasteiger partial charge in [0.15, 0.2) is 0 Å². The molecule has 5 nitrogen and oxygen atoms in total. The molecule has 0 saturated carbocycles. The summed E-state index contributed by atoms with van der Waals surface area (Å²) in [6, 6.07) is 5.81. The van der Waals surface area contributed by atoms with Crippen LogP contribution in [0.25, 0.3) is 0 Å². The molecule has 2 heterocycles. The van der Waals surface area contributed by atoms with Crippen LogP contribution in [0.4, 0.5) is 11.4 Å². The number of piperidine rings is 1. The van der Waals surface area contributed by atoms with Crippen molar-refractivity contribution in [3.63, 3.8) is 0 Å². The van der Waals surface area contributed by atoms with Gasteiger partial charge in [-0.15, -0.1) is 0 Å². The number of aromatic carboxylic acids is 1. The van der Waals surface area contributed by atoms with Crippen molar-refractivity contribution in [2.24, 2.45) is 0 Å². The molecule has 2 aliphatic heterocycles. The van der Waals surface area contributed by atoms with Gasteiger partial charge in [0.05, 0.1) is 11.3 Å². The molecular formula is C15H21N3O2. The fraction of sp³-hybridized carbons (Fsp3) is 0.533. The second-order valence-corrected chi connectivity index (χ2v) is 5.75. The highest BCUT2D eigenvalue weighted by atomic mass is 16.4. The highest BCUT2D eigenvalue weighted by Crippen LogP contribution is 2.30. The maximum absolute atomic E-state index is 11.3. The average Bonchev–Trinajstić information content (AvgIpc) is 2.82. The van der Waals surface area contributed by atoms with Gasteiger partial charge in [-0.2, -0.15) is 0 Å². The van der Waals surface area contributed by atoms with E-state index in [1.165, 1.54) is 25.8 Å². The highest BCUT2D eigenvalue weighted by Gasteiger charge is 2.35. The van der Waals surface area contributed by atoms with Crippen molar-refractivity contribution < 1.29 is 9.90 Å². The van der Waals surface area contributed by atoms with Gasteiger partial charge in [0.2, 0.25) is 0 Å². The molecule has 0 aromatic heterocycles. The largest absolute Gasteiger partial charge is 0.478 e. The summed E-state index contributed by atoms with van der Waals surface area (Å²) in [5, 5.41) is 12.7. The molecule has 4 N–H and O–H groups in total. The Morgan fingerprint density at radius 1 is 1.30 bits per heavy atom. The quantitative estimate of drug-likeness (QED) is 0.735. The fourth-order valence-electron chi connectivity index (χ4n) is 3.48. The molecular weight excluding hydrogens is 254 g/mol. The van der Waals surface area contributed by atoms with Gasteiger partial charge in [-0.25, -0.2) is 4.79 Å². The summed E-state index contributed by atoms with van der Waals surface area (Å²) in [4.78, 5) is 13.8. The number of anilines is 2. The van der Waals surface area contributed by atoms with Gasteiger partial charge < -0.3 is 16.2 Å². The molecule has 2 fully saturated rings. The third-order valence-corrected chi connectivity index (χ3v) is 4.47. The average molecular weight is 275 g/mol. The molecule has 3 rings (SSSR count). The second kappa shape index (κ2) is 5.32. The highest BCUT2D eigenvalue weighted by molar-refractivity contribution is 5.95. The molecule has 0 spiro atoms. The lowest BCUT2D eigenvalue weighted by Gasteiger charge is -2.33. The van der Waals surface area contributed by atoms with E-state index in [1.54, 1.807) is 18.2 Å². The topological polar surface area (TPSA) is 78.6 Å². The van der Waals surface area contributed by atoms with E-state index in [0.29, 0.717) is 29.0 Å². The summed E-state index contributed by atoms with van der Waals surface area (Å²) in [6.45, 7) is 2.28. The number of nitrogen functional groups attached to an aromatic ring is 1. The summed E-state index contributed by atoms with van der Waals surface area (Å²) < 4.78 is 0.